The van der Waals surface area contributed by atoms with E-state index in [0.29, 0.717) is 0 Å². The molecular weight excluding hydrogens is 741 g/mol. The highest BCUT2D eigenvalue weighted by Gasteiger charge is 2.33. The van der Waals surface area contributed by atoms with Gasteiger partial charge in [0.05, 0.1) is 33.1 Å². The Morgan fingerprint density at radius 2 is 0.763 bits per heavy atom. The highest BCUT2D eigenvalue weighted by atomic mass is 32.1. The lowest BCUT2D eigenvalue weighted by Gasteiger charge is -2.24. The third kappa shape index (κ3) is 5.99. The highest BCUT2D eigenvalue weighted by Crippen LogP contribution is 2.51. The number of thiophene rings is 1. The fourth-order valence-electron chi connectivity index (χ4n) is 9.01. The van der Waals surface area contributed by atoms with E-state index in [2.05, 4.69) is 182 Å². The van der Waals surface area contributed by atoms with Crippen LogP contribution in [-0.4, -0.2) is 28.7 Å². The Hall–Kier alpha value is -4.62. The lowest BCUT2D eigenvalue weighted by atomic mass is 9.84. The number of nitrogens with zero attached hydrogens (tertiary/aromatic N) is 6. The van der Waals surface area contributed by atoms with E-state index in [-0.39, 0.29) is 32.5 Å². The van der Waals surface area contributed by atoms with Crippen LogP contribution in [-0.2, 0) is 32.5 Å². The van der Waals surface area contributed by atoms with Crippen molar-refractivity contribution in [3.8, 4) is 0 Å². The van der Waals surface area contributed by atoms with Crippen molar-refractivity contribution < 1.29 is 0 Å². The quantitative estimate of drug-likeness (QED) is 0.153. The summed E-state index contributed by atoms with van der Waals surface area (Å²) in [5.74, 6) is 0. The smallest absolute Gasteiger partial charge is 0.147 e. The number of rotatable bonds is 0. The number of hydrogen-bond donors (Lipinski definition) is 0. The summed E-state index contributed by atoms with van der Waals surface area (Å²) in [5.41, 5.74) is 14.7. The third-order valence-electron chi connectivity index (χ3n) is 12.3. The zero-order chi connectivity index (χ0) is 42.9. The van der Waals surface area contributed by atoms with Crippen molar-refractivity contribution in [2.24, 2.45) is 0 Å². The predicted molar refractivity (Wildman–Crippen MR) is 255 cm³/mol. The first-order valence-corrected chi connectivity index (χ1v) is 22.2. The van der Waals surface area contributed by atoms with Crippen LogP contribution in [0.4, 0.5) is 0 Å². The summed E-state index contributed by atoms with van der Waals surface area (Å²) in [7, 11) is 0. The summed E-state index contributed by atoms with van der Waals surface area (Å²) in [6, 6.07) is 18.4. The summed E-state index contributed by atoms with van der Waals surface area (Å²) in [4.78, 5) is 22.1. The predicted octanol–water partition coefficient (Wildman–Crippen LogP) is 14.5. The maximum atomic E-state index is 5.76. The second kappa shape index (κ2) is 12.0. The molecule has 0 radical (unpaired) electrons. The van der Waals surface area contributed by atoms with E-state index < -0.39 is 0 Å². The summed E-state index contributed by atoms with van der Waals surface area (Å²) in [6.45, 7) is 41.4. The first kappa shape index (κ1) is 39.8. The largest absolute Gasteiger partial charge is 0.295 e. The van der Waals surface area contributed by atoms with Gasteiger partial charge in [0, 0.05) is 75.4 Å². The zero-order valence-electron chi connectivity index (χ0n) is 38.7. The Morgan fingerprint density at radius 1 is 0.407 bits per heavy atom. The van der Waals surface area contributed by atoms with Gasteiger partial charge in [0.2, 0.25) is 0 Å². The molecule has 0 aliphatic rings. The Morgan fingerprint density at radius 3 is 1.07 bits per heavy atom. The normalized spacial score (nSPS) is 14.3. The van der Waals surface area contributed by atoms with E-state index in [1.165, 1.54) is 42.7 Å². The fraction of sp³-hybridized carbons (Fsp3) is 0.462. The summed E-state index contributed by atoms with van der Waals surface area (Å²) >= 11 is 1.93. The van der Waals surface area contributed by atoms with Crippen LogP contribution in [0, 0.1) is 0 Å². The topological polar surface area (TPSA) is 60.4 Å². The molecule has 9 aromatic rings. The van der Waals surface area contributed by atoms with E-state index in [1.54, 1.807) is 0 Å². The van der Waals surface area contributed by atoms with Crippen molar-refractivity contribution in [3.05, 3.63) is 82.4 Å². The van der Waals surface area contributed by atoms with Crippen molar-refractivity contribution in [2.75, 3.05) is 0 Å². The maximum absolute atomic E-state index is 5.76. The summed E-state index contributed by atoms with van der Waals surface area (Å²) < 4.78 is 7.50. The number of imidazole rings is 2. The van der Waals surface area contributed by atoms with Gasteiger partial charge in [-0.2, -0.15) is 0 Å². The second-order valence-corrected chi connectivity index (χ2v) is 24.5. The summed E-state index contributed by atoms with van der Waals surface area (Å²) in [6.07, 6.45) is 0. The van der Waals surface area contributed by atoms with Gasteiger partial charge in [0.15, 0.2) is 0 Å². The molecule has 7 heteroatoms. The molecule has 0 bridgehead atoms. The van der Waals surface area contributed by atoms with Crippen molar-refractivity contribution in [1.29, 1.82) is 0 Å². The minimum Gasteiger partial charge on any atom is -0.295 e. The van der Waals surface area contributed by atoms with Gasteiger partial charge in [-0.25, -0.2) is 9.97 Å². The molecule has 7 heterocycles. The van der Waals surface area contributed by atoms with Crippen LogP contribution in [0.1, 0.15) is 159 Å². The SMILES string of the molecule is CC(C)(C)c1ccc2c(cc(C(C)(C)C)n3c4cc(C(C)(C)C)c5sc6c(C(C)(C)C)cc7c(nc8c9ccc(C(C)(C)C)nc9cc(C(C)(C)C)n78)c6c5c4nc23)n1. The Balaban J connectivity index is 1.57. The van der Waals surface area contributed by atoms with Crippen LogP contribution >= 0.6 is 11.3 Å². The number of hydrogen-bond acceptors (Lipinski definition) is 5. The molecule has 9 rings (SSSR count). The van der Waals surface area contributed by atoms with Crippen LogP contribution in [0.5, 0.6) is 0 Å². The van der Waals surface area contributed by atoms with Crippen LogP contribution in [0.2, 0.25) is 0 Å². The molecule has 0 N–H and O–H groups in total. The van der Waals surface area contributed by atoms with E-state index in [4.69, 9.17) is 19.9 Å². The first-order valence-electron chi connectivity index (χ1n) is 21.4. The van der Waals surface area contributed by atoms with Crippen LogP contribution < -0.4 is 0 Å². The molecule has 2 aromatic carbocycles. The van der Waals surface area contributed by atoms with E-state index in [9.17, 15) is 0 Å². The van der Waals surface area contributed by atoms with E-state index >= 15 is 0 Å². The van der Waals surface area contributed by atoms with Gasteiger partial charge in [-0.15, -0.1) is 11.3 Å². The lowest BCUT2D eigenvalue weighted by Crippen LogP contribution is -2.18. The van der Waals surface area contributed by atoms with Gasteiger partial charge >= 0.3 is 0 Å². The number of aromatic nitrogens is 6. The molecule has 0 aliphatic heterocycles. The molecule has 0 spiro atoms. The first-order chi connectivity index (χ1) is 27.0. The van der Waals surface area contributed by atoms with Crippen LogP contribution in [0.25, 0.3) is 75.3 Å². The van der Waals surface area contributed by atoms with Crippen molar-refractivity contribution in [1.82, 2.24) is 28.7 Å². The molecule has 0 unspecified atom stereocenters. The molecule has 59 heavy (non-hydrogen) atoms. The molecule has 0 amide bonds. The van der Waals surface area contributed by atoms with Crippen molar-refractivity contribution in [2.45, 2.75) is 157 Å². The fourth-order valence-corrected chi connectivity index (χ4v) is 10.8. The van der Waals surface area contributed by atoms with Crippen LogP contribution in [0.3, 0.4) is 0 Å². The van der Waals surface area contributed by atoms with E-state index in [0.717, 1.165) is 66.6 Å². The molecule has 6 nitrogen and oxygen atoms in total. The third-order valence-corrected chi connectivity index (χ3v) is 13.6. The van der Waals surface area contributed by atoms with Gasteiger partial charge in [-0.3, -0.25) is 18.8 Å². The molecular formula is C52H62N6S. The average molecular weight is 803 g/mol. The monoisotopic (exact) mass is 802 g/mol. The van der Waals surface area contributed by atoms with Gasteiger partial charge in [0.25, 0.3) is 0 Å². The zero-order valence-corrected chi connectivity index (χ0v) is 39.5. The standard InChI is InChI=1S/C52H62N6S/c1-47(2,3)29-23-33-41(55-45-27-19-21-35(49(7,8)9)53-31(27)25-37(57(33)45)51(13,14)15)39-40-42-34(24-30(48(4,5)6)44(40)59-43(29)39)58-38(52(16,17)18)26-32-28(46(58)56-42)20-22-36(54-32)50(10,11)12/h19-26H,1-18H3. The number of fused-ring (bicyclic) bond motifs is 15. The minimum absolute atomic E-state index is 0.0704. The maximum Gasteiger partial charge on any atom is 0.147 e. The number of pyridine rings is 4. The van der Waals surface area contributed by atoms with Gasteiger partial charge in [-0.05, 0) is 70.5 Å². The molecule has 0 fully saturated rings. The molecule has 0 saturated heterocycles. The summed E-state index contributed by atoms with van der Waals surface area (Å²) in [5, 5.41) is 4.56. The van der Waals surface area contributed by atoms with Crippen LogP contribution in [0.15, 0.2) is 48.5 Å². The highest BCUT2D eigenvalue weighted by molar-refractivity contribution is 7.26. The average Bonchev–Trinajstić information content (AvgIpc) is 3.79. The number of benzene rings is 2. The van der Waals surface area contributed by atoms with Crippen molar-refractivity contribution in [3.63, 3.8) is 0 Å². The Labute approximate surface area is 353 Å². The molecule has 7 aromatic heterocycles. The van der Waals surface area contributed by atoms with Gasteiger partial charge in [-0.1, -0.05) is 125 Å². The Bertz CT molecular complexity index is 3040. The molecule has 0 atom stereocenters. The van der Waals surface area contributed by atoms with Crippen molar-refractivity contribution >= 4 is 86.7 Å². The van der Waals surface area contributed by atoms with E-state index in [1.807, 2.05) is 11.3 Å². The van der Waals surface area contributed by atoms with Gasteiger partial charge < -0.3 is 0 Å². The second-order valence-electron chi connectivity index (χ2n) is 23.5. The lowest BCUT2D eigenvalue weighted by molar-refractivity contribution is 0.562. The minimum atomic E-state index is -0.174. The molecule has 306 valence electrons. The molecule has 0 saturated carbocycles. The van der Waals surface area contributed by atoms with Gasteiger partial charge in [0.1, 0.15) is 11.3 Å². The Kier molecular flexibility index (Phi) is 8.11. The molecule has 0 aliphatic carbocycles.